The number of rotatable bonds is 6. The molecule has 1 heterocycles. The standard InChI is InChI=1S/C15H16F3NOS/c1-2-13(14-4-3-9-21-14)19-10-11-5-7-12(8-6-11)20-15(16,17)18/h3-9,13,19H,2,10H2,1H3. The van der Waals surface area contributed by atoms with Gasteiger partial charge in [-0.25, -0.2) is 0 Å². The molecule has 0 radical (unpaired) electrons. The van der Waals surface area contributed by atoms with Gasteiger partial charge in [-0.1, -0.05) is 25.1 Å². The molecule has 0 amide bonds. The number of nitrogens with one attached hydrogen (secondary N) is 1. The van der Waals surface area contributed by atoms with E-state index in [1.807, 2.05) is 11.4 Å². The first-order valence-corrected chi connectivity index (χ1v) is 7.47. The van der Waals surface area contributed by atoms with Gasteiger partial charge in [-0.05, 0) is 35.6 Å². The maximum Gasteiger partial charge on any atom is 0.573 e. The summed E-state index contributed by atoms with van der Waals surface area (Å²) in [6, 6.07) is 10.3. The molecule has 1 aromatic carbocycles. The van der Waals surface area contributed by atoms with Gasteiger partial charge in [0.2, 0.25) is 0 Å². The Morgan fingerprint density at radius 3 is 2.43 bits per heavy atom. The van der Waals surface area contributed by atoms with E-state index in [4.69, 9.17) is 0 Å². The maximum absolute atomic E-state index is 12.1. The number of hydrogen-bond donors (Lipinski definition) is 1. The summed E-state index contributed by atoms with van der Waals surface area (Å²) in [5, 5.41) is 5.43. The van der Waals surface area contributed by atoms with E-state index in [0.29, 0.717) is 6.54 Å². The van der Waals surface area contributed by atoms with Crippen LogP contribution in [-0.2, 0) is 6.54 Å². The number of halogens is 3. The molecular weight excluding hydrogens is 299 g/mol. The van der Waals surface area contributed by atoms with E-state index in [2.05, 4.69) is 23.0 Å². The smallest absolute Gasteiger partial charge is 0.406 e. The van der Waals surface area contributed by atoms with Crippen molar-refractivity contribution in [3.63, 3.8) is 0 Å². The van der Waals surface area contributed by atoms with Crippen molar-refractivity contribution in [1.82, 2.24) is 5.32 Å². The zero-order valence-electron chi connectivity index (χ0n) is 11.5. The highest BCUT2D eigenvalue weighted by Crippen LogP contribution is 2.24. The molecule has 1 atom stereocenters. The Morgan fingerprint density at radius 2 is 1.90 bits per heavy atom. The summed E-state index contributed by atoms with van der Waals surface area (Å²) >= 11 is 1.69. The van der Waals surface area contributed by atoms with Crippen LogP contribution < -0.4 is 10.1 Å². The quantitative estimate of drug-likeness (QED) is 0.819. The molecule has 2 aromatic rings. The lowest BCUT2D eigenvalue weighted by Crippen LogP contribution is -2.19. The van der Waals surface area contributed by atoms with Gasteiger partial charge in [-0.3, -0.25) is 0 Å². The van der Waals surface area contributed by atoms with Gasteiger partial charge in [-0.2, -0.15) is 0 Å². The number of thiophene rings is 1. The predicted molar refractivity (Wildman–Crippen MR) is 77.3 cm³/mol. The molecule has 0 saturated heterocycles. The molecule has 0 fully saturated rings. The van der Waals surface area contributed by atoms with Crippen LogP contribution in [0.1, 0.15) is 29.8 Å². The molecule has 1 unspecified atom stereocenters. The van der Waals surface area contributed by atoms with Gasteiger partial charge in [0.25, 0.3) is 0 Å². The highest BCUT2D eigenvalue weighted by molar-refractivity contribution is 7.10. The van der Waals surface area contributed by atoms with Crippen molar-refractivity contribution in [2.45, 2.75) is 32.3 Å². The molecule has 2 rings (SSSR count). The monoisotopic (exact) mass is 315 g/mol. The van der Waals surface area contributed by atoms with E-state index in [1.54, 1.807) is 23.5 Å². The van der Waals surface area contributed by atoms with Crippen LogP contribution in [0.2, 0.25) is 0 Å². The topological polar surface area (TPSA) is 21.3 Å². The van der Waals surface area contributed by atoms with E-state index < -0.39 is 6.36 Å². The van der Waals surface area contributed by atoms with Crippen LogP contribution in [0.3, 0.4) is 0 Å². The number of ether oxygens (including phenoxy) is 1. The number of alkyl halides is 3. The zero-order chi connectivity index (χ0) is 15.3. The largest absolute Gasteiger partial charge is 0.573 e. The fraction of sp³-hybridized carbons (Fsp3) is 0.333. The van der Waals surface area contributed by atoms with E-state index in [0.717, 1.165) is 12.0 Å². The number of hydrogen-bond acceptors (Lipinski definition) is 3. The van der Waals surface area contributed by atoms with Gasteiger partial charge in [0, 0.05) is 17.5 Å². The minimum absolute atomic E-state index is 0.198. The summed E-state index contributed by atoms with van der Waals surface area (Å²) in [7, 11) is 0. The summed E-state index contributed by atoms with van der Waals surface area (Å²) in [6.45, 7) is 2.69. The second-order valence-corrected chi connectivity index (χ2v) is 5.53. The molecule has 114 valence electrons. The third-order valence-electron chi connectivity index (χ3n) is 3.00. The summed E-state index contributed by atoms with van der Waals surface area (Å²) in [5.41, 5.74) is 0.916. The first-order chi connectivity index (χ1) is 9.98. The maximum atomic E-state index is 12.1. The normalized spacial score (nSPS) is 13.1. The van der Waals surface area contributed by atoms with E-state index in [1.165, 1.54) is 17.0 Å². The van der Waals surface area contributed by atoms with Crippen molar-refractivity contribution >= 4 is 11.3 Å². The van der Waals surface area contributed by atoms with Crippen LogP contribution in [0.15, 0.2) is 41.8 Å². The van der Waals surface area contributed by atoms with Gasteiger partial charge in [0.1, 0.15) is 5.75 Å². The fourth-order valence-corrected chi connectivity index (χ4v) is 2.87. The summed E-state index contributed by atoms with van der Waals surface area (Å²) in [6.07, 6.45) is -3.69. The van der Waals surface area contributed by atoms with Crippen molar-refractivity contribution in [3.8, 4) is 5.75 Å². The molecule has 1 aromatic heterocycles. The zero-order valence-corrected chi connectivity index (χ0v) is 12.3. The van der Waals surface area contributed by atoms with Gasteiger partial charge in [0.15, 0.2) is 0 Å². The summed E-state index contributed by atoms with van der Waals surface area (Å²) < 4.78 is 40.0. The molecule has 6 heteroatoms. The molecule has 21 heavy (non-hydrogen) atoms. The van der Waals surface area contributed by atoms with Crippen LogP contribution in [0.4, 0.5) is 13.2 Å². The Labute approximate surface area is 125 Å². The molecule has 0 aliphatic rings. The average molecular weight is 315 g/mol. The lowest BCUT2D eigenvalue weighted by Gasteiger charge is -2.15. The highest BCUT2D eigenvalue weighted by atomic mass is 32.1. The predicted octanol–water partition coefficient (Wildman–Crippen LogP) is 4.89. The van der Waals surface area contributed by atoms with Crippen molar-refractivity contribution in [3.05, 3.63) is 52.2 Å². The molecule has 0 saturated carbocycles. The molecule has 1 N–H and O–H groups in total. The minimum atomic E-state index is -4.65. The number of benzene rings is 1. The van der Waals surface area contributed by atoms with Gasteiger partial charge < -0.3 is 10.1 Å². The third kappa shape index (κ3) is 5.06. The molecule has 0 spiro atoms. The second kappa shape index (κ2) is 6.95. The van der Waals surface area contributed by atoms with Crippen molar-refractivity contribution in [1.29, 1.82) is 0 Å². The minimum Gasteiger partial charge on any atom is -0.406 e. The van der Waals surface area contributed by atoms with Crippen molar-refractivity contribution in [2.24, 2.45) is 0 Å². The molecular formula is C15H16F3NOS. The Kier molecular flexibility index (Phi) is 5.25. The lowest BCUT2D eigenvalue weighted by molar-refractivity contribution is -0.274. The van der Waals surface area contributed by atoms with E-state index in [9.17, 15) is 13.2 Å². The molecule has 0 aliphatic carbocycles. The van der Waals surface area contributed by atoms with Crippen molar-refractivity contribution < 1.29 is 17.9 Å². The average Bonchev–Trinajstić information content (AvgIpc) is 2.94. The Hall–Kier alpha value is -1.53. The highest BCUT2D eigenvalue weighted by Gasteiger charge is 2.30. The second-order valence-electron chi connectivity index (χ2n) is 4.55. The van der Waals surface area contributed by atoms with Crippen molar-refractivity contribution in [2.75, 3.05) is 0 Å². The summed E-state index contributed by atoms with van der Waals surface area (Å²) in [5.74, 6) is -0.198. The van der Waals surface area contributed by atoms with Crippen LogP contribution >= 0.6 is 11.3 Å². The van der Waals surface area contributed by atoms with Crippen LogP contribution in [0.5, 0.6) is 5.75 Å². The molecule has 0 bridgehead atoms. The van der Waals surface area contributed by atoms with Gasteiger partial charge in [-0.15, -0.1) is 24.5 Å². The van der Waals surface area contributed by atoms with Gasteiger partial charge in [0.05, 0.1) is 0 Å². The first-order valence-electron chi connectivity index (χ1n) is 6.59. The lowest BCUT2D eigenvalue weighted by atomic mass is 10.1. The van der Waals surface area contributed by atoms with Crippen LogP contribution in [0.25, 0.3) is 0 Å². The fourth-order valence-electron chi connectivity index (χ4n) is 1.99. The first kappa shape index (κ1) is 15.9. The van der Waals surface area contributed by atoms with Crippen LogP contribution in [-0.4, -0.2) is 6.36 Å². The molecule has 2 nitrogen and oxygen atoms in total. The third-order valence-corrected chi connectivity index (χ3v) is 3.99. The summed E-state index contributed by atoms with van der Waals surface area (Å²) in [4.78, 5) is 1.26. The Balaban J connectivity index is 1.91. The molecule has 0 aliphatic heterocycles. The Bertz CT molecular complexity index is 537. The van der Waals surface area contributed by atoms with E-state index in [-0.39, 0.29) is 11.8 Å². The van der Waals surface area contributed by atoms with E-state index >= 15 is 0 Å². The van der Waals surface area contributed by atoms with Gasteiger partial charge >= 0.3 is 6.36 Å². The van der Waals surface area contributed by atoms with Crippen LogP contribution in [0, 0.1) is 0 Å². The Morgan fingerprint density at radius 1 is 1.19 bits per heavy atom. The SMILES string of the molecule is CCC(NCc1ccc(OC(F)(F)F)cc1)c1cccs1.